The van der Waals surface area contributed by atoms with Gasteiger partial charge in [-0.05, 0) is 79.1 Å². The van der Waals surface area contributed by atoms with E-state index in [0.29, 0.717) is 49.0 Å². The van der Waals surface area contributed by atoms with Crippen molar-refractivity contribution in [3.8, 4) is 5.75 Å². The van der Waals surface area contributed by atoms with Crippen LogP contribution in [0.2, 0.25) is 5.02 Å². The molecule has 1 heterocycles. The summed E-state index contributed by atoms with van der Waals surface area (Å²) in [4.78, 5) is 30.3. The first-order valence-electron chi connectivity index (χ1n) is 13.1. The second-order valence-corrected chi connectivity index (χ2v) is 9.83. The van der Waals surface area contributed by atoms with E-state index in [1.165, 1.54) is 0 Å². The van der Waals surface area contributed by atoms with E-state index in [1.54, 1.807) is 42.3 Å². The lowest BCUT2D eigenvalue weighted by atomic mass is 10.1. The van der Waals surface area contributed by atoms with Gasteiger partial charge in [-0.3, -0.25) is 14.6 Å². The van der Waals surface area contributed by atoms with Gasteiger partial charge < -0.3 is 20.1 Å². The smallest absolute Gasteiger partial charge is 0.321 e. The molecule has 39 heavy (non-hydrogen) atoms. The minimum atomic E-state index is -0.226. The molecule has 0 atom stereocenters. The molecule has 1 fully saturated rings. The van der Waals surface area contributed by atoms with Gasteiger partial charge >= 0.3 is 6.03 Å². The summed E-state index contributed by atoms with van der Waals surface area (Å²) in [6.45, 7) is 6.75. The van der Waals surface area contributed by atoms with Crippen molar-refractivity contribution in [3.05, 3.63) is 88.4 Å². The molecule has 1 aliphatic rings. The summed E-state index contributed by atoms with van der Waals surface area (Å²) in [5.41, 5.74) is 3.90. The first-order chi connectivity index (χ1) is 18.9. The zero-order valence-electron chi connectivity index (χ0n) is 22.4. The lowest BCUT2D eigenvalue weighted by molar-refractivity contribution is 0.0393. The first kappa shape index (κ1) is 28.4. The van der Waals surface area contributed by atoms with E-state index in [1.807, 2.05) is 43.3 Å². The van der Waals surface area contributed by atoms with Crippen LogP contribution in [0.4, 0.5) is 16.2 Å². The van der Waals surface area contributed by atoms with Crippen molar-refractivity contribution in [1.29, 1.82) is 0 Å². The second kappa shape index (κ2) is 14.0. The summed E-state index contributed by atoms with van der Waals surface area (Å²) in [6.07, 6.45) is 0.704. The van der Waals surface area contributed by atoms with Crippen LogP contribution in [-0.4, -0.2) is 69.9 Å². The number of amides is 3. The first-order valence-corrected chi connectivity index (χ1v) is 13.5. The summed E-state index contributed by atoms with van der Waals surface area (Å²) in [5.74, 6) is 0.577. The lowest BCUT2D eigenvalue weighted by Crippen LogP contribution is -2.47. The van der Waals surface area contributed by atoms with Gasteiger partial charge in [0.15, 0.2) is 0 Å². The highest BCUT2D eigenvalue weighted by atomic mass is 35.5. The highest BCUT2D eigenvalue weighted by molar-refractivity contribution is 6.30. The van der Waals surface area contributed by atoms with Crippen LogP contribution in [0.25, 0.3) is 0 Å². The molecule has 3 amide bonds. The quantitative estimate of drug-likeness (QED) is 0.371. The van der Waals surface area contributed by atoms with E-state index >= 15 is 0 Å². The molecule has 3 aromatic carbocycles. The molecule has 9 heteroatoms. The van der Waals surface area contributed by atoms with E-state index < -0.39 is 0 Å². The maximum atomic E-state index is 13.4. The van der Waals surface area contributed by atoms with Crippen molar-refractivity contribution in [2.24, 2.45) is 0 Å². The Morgan fingerprint density at radius 1 is 1.03 bits per heavy atom. The fourth-order valence-electron chi connectivity index (χ4n) is 4.44. The van der Waals surface area contributed by atoms with E-state index in [2.05, 4.69) is 15.5 Å². The fourth-order valence-corrected chi connectivity index (χ4v) is 4.56. The number of anilines is 2. The summed E-state index contributed by atoms with van der Waals surface area (Å²) in [5, 5.41) is 6.56. The predicted molar refractivity (Wildman–Crippen MR) is 155 cm³/mol. The SMILES string of the molecule is COc1ccc(CCNC(=O)N(CCN2CCOCC2)c2ccc(C(=O)Nc3ccc(Cl)cc3)cc2C)cc1. The number of hydrogen-bond donors (Lipinski definition) is 2. The van der Waals surface area contributed by atoms with Crippen LogP contribution in [0.1, 0.15) is 21.5 Å². The Hall–Kier alpha value is -3.59. The third kappa shape index (κ3) is 8.20. The molecular weight excluding hydrogens is 516 g/mol. The molecule has 0 aliphatic carbocycles. The molecule has 0 aromatic heterocycles. The molecule has 3 aromatic rings. The number of carbonyl (C=O) groups excluding carboxylic acids is 2. The Morgan fingerprint density at radius 2 is 1.74 bits per heavy atom. The number of urea groups is 1. The van der Waals surface area contributed by atoms with Crippen LogP contribution in [0.3, 0.4) is 0 Å². The zero-order valence-corrected chi connectivity index (χ0v) is 23.2. The van der Waals surface area contributed by atoms with Gasteiger partial charge in [0.25, 0.3) is 5.91 Å². The number of nitrogens with one attached hydrogen (secondary N) is 2. The predicted octanol–water partition coefficient (Wildman–Crippen LogP) is 5.00. The van der Waals surface area contributed by atoms with Crippen molar-refractivity contribution in [2.45, 2.75) is 13.3 Å². The van der Waals surface area contributed by atoms with Crippen LogP contribution in [-0.2, 0) is 11.2 Å². The van der Waals surface area contributed by atoms with Crippen molar-refractivity contribution in [3.63, 3.8) is 0 Å². The molecule has 0 bridgehead atoms. The number of carbonyl (C=O) groups is 2. The molecular formula is C30H35ClN4O4. The van der Waals surface area contributed by atoms with Gasteiger partial charge in [0.2, 0.25) is 0 Å². The largest absolute Gasteiger partial charge is 0.497 e. The lowest BCUT2D eigenvalue weighted by Gasteiger charge is -2.31. The van der Waals surface area contributed by atoms with Crippen molar-refractivity contribution >= 4 is 34.9 Å². The van der Waals surface area contributed by atoms with Crippen molar-refractivity contribution < 1.29 is 19.1 Å². The number of halogens is 1. The van der Waals surface area contributed by atoms with Gasteiger partial charge in [0.1, 0.15) is 5.75 Å². The molecule has 0 saturated carbocycles. The van der Waals surface area contributed by atoms with Crippen LogP contribution >= 0.6 is 11.6 Å². The van der Waals surface area contributed by atoms with Gasteiger partial charge in [0, 0.05) is 54.7 Å². The summed E-state index contributed by atoms with van der Waals surface area (Å²) >= 11 is 5.94. The third-order valence-corrected chi connectivity index (χ3v) is 6.94. The average Bonchev–Trinajstić information content (AvgIpc) is 2.96. The topological polar surface area (TPSA) is 83.1 Å². The summed E-state index contributed by atoms with van der Waals surface area (Å²) in [6, 6.07) is 20.0. The minimum absolute atomic E-state index is 0.168. The van der Waals surface area contributed by atoms with Gasteiger partial charge in [-0.25, -0.2) is 4.79 Å². The maximum Gasteiger partial charge on any atom is 0.321 e. The number of methoxy groups -OCH3 is 1. The number of morpholine rings is 1. The molecule has 0 radical (unpaired) electrons. The average molecular weight is 551 g/mol. The molecule has 0 unspecified atom stereocenters. The van der Waals surface area contributed by atoms with Gasteiger partial charge in [-0.1, -0.05) is 23.7 Å². The van der Waals surface area contributed by atoms with Gasteiger partial charge in [-0.15, -0.1) is 0 Å². The van der Waals surface area contributed by atoms with Crippen LogP contribution in [0, 0.1) is 6.92 Å². The van der Waals surface area contributed by atoms with E-state index in [4.69, 9.17) is 21.1 Å². The number of benzene rings is 3. The number of rotatable bonds is 10. The Balaban J connectivity index is 1.44. The van der Waals surface area contributed by atoms with Crippen molar-refractivity contribution in [1.82, 2.24) is 10.2 Å². The monoisotopic (exact) mass is 550 g/mol. The number of hydrogen-bond acceptors (Lipinski definition) is 5. The molecule has 1 aliphatic heterocycles. The molecule has 8 nitrogen and oxygen atoms in total. The zero-order chi connectivity index (χ0) is 27.6. The Kier molecular flexibility index (Phi) is 10.2. The summed E-state index contributed by atoms with van der Waals surface area (Å²) in [7, 11) is 1.64. The number of aryl methyl sites for hydroxylation is 1. The molecule has 206 valence electrons. The van der Waals surface area contributed by atoms with Gasteiger partial charge in [-0.2, -0.15) is 0 Å². The Morgan fingerprint density at radius 3 is 2.41 bits per heavy atom. The van der Waals surface area contributed by atoms with Crippen LogP contribution < -0.4 is 20.3 Å². The highest BCUT2D eigenvalue weighted by Gasteiger charge is 2.21. The molecule has 4 rings (SSSR count). The fraction of sp³-hybridized carbons (Fsp3) is 0.333. The minimum Gasteiger partial charge on any atom is -0.497 e. The number of nitrogens with zero attached hydrogens (tertiary/aromatic N) is 2. The third-order valence-electron chi connectivity index (χ3n) is 6.69. The Bertz CT molecular complexity index is 1240. The molecule has 1 saturated heterocycles. The van der Waals surface area contributed by atoms with E-state index in [0.717, 1.165) is 42.2 Å². The maximum absolute atomic E-state index is 13.4. The molecule has 2 N–H and O–H groups in total. The number of ether oxygens (including phenoxy) is 2. The normalized spacial score (nSPS) is 13.5. The van der Waals surface area contributed by atoms with E-state index in [9.17, 15) is 9.59 Å². The molecule has 0 spiro atoms. The highest BCUT2D eigenvalue weighted by Crippen LogP contribution is 2.23. The Labute approximate surface area is 234 Å². The van der Waals surface area contributed by atoms with Crippen molar-refractivity contribution in [2.75, 3.05) is 63.3 Å². The van der Waals surface area contributed by atoms with Gasteiger partial charge in [0.05, 0.1) is 20.3 Å². The van der Waals surface area contributed by atoms with Crippen LogP contribution in [0.15, 0.2) is 66.7 Å². The standard InChI is InChI=1S/C30H35ClN4O4/c1-22-21-24(29(36)33-26-8-6-25(31)7-9-26)5-12-28(22)35(16-15-34-17-19-39-20-18-34)30(37)32-14-13-23-3-10-27(38-2)11-4-23/h3-12,21H,13-20H2,1-2H3,(H,32,37)(H,33,36). The van der Waals surface area contributed by atoms with Crippen LogP contribution in [0.5, 0.6) is 5.75 Å². The summed E-state index contributed by atoms with van der Waals surface area (Å²) < 4.78 is 10.7. The second-order valence-electron chi connectivity index (χ2n) is 9.40. The van der Waals surface area contributed by atoms with E-state index in [-0.39, 0.29) is 11.9 Å².